The molecule has 18 heavy (non-hydrogen) atoms. The molecule has 4 heteroatoms. The predicted molar refractivity (Wildman–Crippen MR) is 74.5 cm³/mol. The Labute approximate surface area is 105 Å². The molecule has 0 unspecified atom stereocenters. The maximum atomic E-state index is 5.70. The van der Waals surface area contributed by atoms with Gasteiger partial charge in [0.25, 0.3) is 0 Å². The number of nitrogens with two attached hydrogens (primary N) is 1. The number of benzene rings is 1. The van der Waals surface area contributed by atoms with Gasteiger partial charge in [0, 0.05) is 23.5 Å². The average Bonchev–Trinajstić information content (AvgIpc) is 2.71. The molecule has 4 nitrogen and oxygen atoms in total. The van der Waals surface area contributed by atoms with E-state index in [0.29, 0.717) is 5.95 Å². The van der Waals surface area contributed by atoms with E-state index >= 15 is 0 Å². The summed E-state index contributed by atoms with van der Waals surface area (Å²) >= 11 is 0. The Bertz CT molecular complexity index is 727. The highest BCUT2D eigenvalue weighted by molar-refractivity contribution is 6.07. The maximum Gasteiger partial charge on any atom is 0.221 e. The van der Waals surface area contributed by atoms with Crippen molar-refractivity contribution >= 4 is 27.9 Å². The van der Waals surface area contributed by atoms with Crippen LogP contribution in [-0.4, -0.2) is 14.5 Å². The third kappa shape index (κ3) is 1.38. The van der Waals surface area contributed by atoms with Crippen LogP contribution in [-0.2, 0) is 13.0 Å². The first-order valence-electron chi connectivity index (χ1n) is 6.28. The number of aryl methyl sites for hydroxylation is 2. The predicted octanol–water partition coefficient (Wildman–Crippen LogP) is 2.75. The summed E-state index contributed by atoms with van der Waals surface area (Å²) in [5, 5.41) is 2.29. The Balaban J connectivity index is 2.57. The topological polar surface area (TPSA) is 56.7 Å². The molecule has 0 aliphatic heterocycles. The molecule has 0 spiro atoms. The van der Waals surface area contributed by atoms with Gasteiger partial charge in [0.1, 0.15) is 5.65 Å². The minimum atomic E-state index is 0.332. The maximum absolute atomic E-state index is 5.70. The van der Waals surface area contributed by atoms with Gasteiger partial charge in [-0.1, -0.05) is 25.1 Å². The van der Waals surface area contributed by atoms with Crippen molar-refractivity contribution in [1.82, 2.24) is 14.5 Å². The molecule has 0 radical (unpaired) electrons. The van der Waals surface area contributed by atoms with E-state index in [1.165, 1.54) is 16.5 Å². The number of hydrogen-bond acceptors (Lipinski definition) is 3. The zero-order valence-corrected chi connectivity index (χ0v) is 10.6. The minimum absolute atomic E-state index is 0.332. The highest BCUT2D eigenvalue weighted by Gasteiger charge is 2.13. The van der Waals surface area contributed by atoms with Crippen LogP contribution < -0.4 is 5.73 Å². The molecule has 0 bridgehead atoms. The van der Waals surface area contributed by atoms with Crippen molar-refractivity contribution in [3.8, 4) is 0 Å². The molecule has 3 aromatic rings. The molecule has 0 amide bonds. The van der Waals surface area contributed by atoms with Crippen LogP contribution >= 0.6 is 0 Å². The quantitative estimate of drug-likeness (QED) is 0.749. The highest BCUT2D eigenvalue weighted by atomic mass is 15.1. The van der Waals surface area contributed by atoms with Gasteiger partial charge in [-0.2, -0.15) is 4.98 Å². The molecule has 0 fully saturated rings. The second-order valence-corrected chi connectivity index (χ2v) is 4.38. The van der Waals surface area contributed by atoms with Gasteiger partial charge >= 0.3 is 0 Å². The van der Waals surface area contributed by atoms with Crippen molar-refractivity contribution < 1.29 is 0 Å². The lowest BCUT2D eigenvalue weighted by atomic mass is 10.1. The molecule has 0 aliphatic rings. The SMILES string of the molecule is CCc1cccc2c3cnc(N)nc3n(CC)c12. The highest BCUT2D eigenvalue weighted by Crippen LogP contribution is 2.30. The number of rotatable bonds is 2. The van der Waals surface area contributed by atoms with E-state index < -0.39 is 0 Å². The van der Waals surface area contributed by atoms with E-state index in [2.05, 4.69) is 46.6 Å². The zero-order chi connectivity index (χ0) is 12.7. The van der Waals surface area contributed by atoms with Crippen molar-refractivity contribution in [2.45, 2.75) is 26.8 Å². The molecule has 2 aromatic heterocycles. The zero-order valence-electron chi connectivity index (χ0n) is 10.6. The summed E-state index contributed by atoms with van der Waals surface area (Å²) in [7, 11) is 0. The van der Waals surface area contributed by atoms with Crippen molar-refractivity contribution in [2.75, 3.05) is 5.73 Å². The van der Waals surface area contributed by atoms with Gasteiger partial charge in [0.2, 0.25) is 5.95 Å². The third-order valence-corrected chi connectivity index (χ3v) is 3.42. The molecule has 1 aromatic carbocycles. The van der Waals surface area contributed by atoms with Crippen LogP contribution in [0.4, 0.5) is 5.95 Å². The van der Waals surface area contributed by atoms with Crippen LogP contribution in [0.15, 0.2) is 24.4 Å². The van der Waals surface area contributed by atoms with Gasteiger partial charge in [-0.25, -0.2) is 4.98 Å². The monoisotopic (exact) mass is 240 g/mol. The largest absolute Gasteiger partial charge is 0.368 e. The summed E-state index contributed by atoms with van der Waals surface area (Å²) in [6.07, 6.45) is 2.84. The number of hydrogen-bond donors (Lipinski definition) is 1. The van der Waals surface area contributed by atoms with Crippen LogP contribution in [0, 0.1) is 0 Å². The Morgan fingerprint density at radius 2 is 2.06 bits per heavy atom. The molecule has 92 valence electrons. The normalized spacial score (nSPS) is 11.4. The Morgan fingerprint density at radius 3 is 2.78 bits per heavy atom. The number of nitrogen functional groups attached to an aromatic ring is 1. The fraction of sp³-hybridized carbons (Fsp3) is 0.286. The van der Waals surface area contributed by atoms with Crippen molar-refractivity contribution in [3.05, 3.63) is 30.0 Å². The molecule has 2 N–H and O–H groups in total. The van der Waals surface area contributed by atoms with Gasteiger partial charge in [-0.05, 0) is 18.9 Å². The van der Waals surface area contributed by atoms with E-state index in [-0.39, 0.29) is 0 Å². The molecule has 3 rings (SSSR count). The summed E-state index contributed by atoms with van der Waals surface area (Å²) in [6, 6.07) is 6.39. The number of aromatic nitrogens is 3. The van der Waals surface area contributed by atoms with E-state index in [1.807, 2.05) is 6.20 Å². The number of fused-ring (bicyclic) bond motifs is 3. The standard InChI is InChI=1S/C14H16N4/c1-3-9-6-5-7-10-11-8-16-14(15)17-13(11)18(4-2)12(9)10/h5-8H,3-4H2,1-2H3,(H2,15,16,17). The van der Waals surface area contributed by atoms with Crippen molar-refractivity contribution in [3.63, 3.8) is 0 Å². The Kier molecular flexibility index (Phi) is 2.44. The molecule has 0 saturated heterocycles. The van der Waals surface area contributed by atoms with Gasteiger partial charge in [0.05, 0.1) is 5.52 Å². The molecule has 0 atom stereocenters. The summed E-state index contributed by atoms with van der Waals surface area (Å²) in [5.41, 5.74) is 9.24. The molecule has 0 aliphatic carbocycles. The van der Waals surface area contributed by atoms with Gasteiger partial charge < -0.3 is 10.3 Å². The second kappa shape index (κ2) is 3.98. The lowest BCUT2D eigenvalue weighted by molar-refractivity contribution is 0.811. The smallest absolute Gasteiger partial charge is 0.221 e. The number of anilines is 1. The summed E-state index contributed by atoms with van der Waals surface area (Å²) in [5.74, 6) is 0.332. The molecule has 2 heterocycles. The van der Waals surface area contributed by atoms with Gasteiger partial charge in [0.15, 0.2) is 0 Å². The fourth-order valence-electron chi connectivity index (χ4n) is 2.61. The van der Waals surface area contributed by atoms with Gasteiger partial charge in [-0.15, -0.1) is 0 Å². The van der Waals surface area contributed by atoms with Gasteiger partial charge in [-0.3, -0.25) is 0 Å². The Hall–Kier alpha value is -2.10. The van der Waals surface area contributed by atoms with E-state index in [0.717, 1.165) is 24.0 Å². The van der Waals surface area contributed by atoms with Crippen LogP contribution in [0.2, 0.25) is 0 Å². The average molecular weight is 240 g/mol. The summed E-state index contributed by atoms with van der Waals surface area (Å²) < 4.78 is 2.22. The van der Waals surface area contributed by atoms with Crippen LogP contribution in [0.25, 0.3) is 21.9 Å². The molecular formula is C14H16N4. The van der Waals surface area contributed by atoms with E-state index in [4.69, 9.17) is 5.73 Å². The first-order valence-corrected chi connectivity index (χ1v) is 6.28. The van der Waals surface area contributed by atoms with Crippen molar-refractivity contribution in [1.29, 1.82) is 0 Å². The minimum Gasteiger partial charge on any atom is -0.368 e. The summed E-state index contributed by atoms with van der Waals surface area (Å²) in [4.78, 5) is 8.50. The summed E-state index contributed by atoms with van der Waals surface area (Å²) in [6.45, 7) is 5.18. The van der Waals surface area contributed by atoms with Crippen LogP contribution in [0.1, 0.15) is 19.4 Å². The molecular weight excluding hydrogens is 224 g/mol. The number of para-hydroxylation sites is 1. The van der Waals surface area contributed by atoms with Crippen LogP contribution in [0.3, 0.4) is 0 Å². The molecule has 0 saturated carbocycles. The fourth-order valence-corrected chi connectivity index (χ4v) is 2.61. The lowest BCUT2D eigenvalue weighted by Gasteiger charge is -2.06. The Morgan fingerprint density at radius 1 is 1.22 bits per heavy atom. The lowest BCUT2D eigenvalue weighted by Crippen LogP contribution is -2.00. The third-order valence-electron chi connectivity index (χ3n) is 3.42. The van der Waals surface area contributed by atoms with E-state index in [1.54, 1.807) is 0 Å². The van der Waals surface area contributed by atoms with E-state index in [9.17, 15) is 0 Å². The van der Waals surface area contributed by atoms with Crippen molar-refractivity contribution in [2.24, 2.45) is 0 Å². The first-order chi connectivity index (χ1) is 8.76. The number of nitrogens with zero attached hydrogens (tertiary/aromatic N) is 3. The van der Waals surface area contributed by atoms with Crippen LogP contribution in [0.5, 0.6) is 0 Å². The second-order valence-electron chi connectivity index (χ2n) is 4.38. The first kappa shape index (κ1) is 11.0.